The van der Waals surface area contributed by atoms with Crippen molar-refractivity contribution >= 4 is 29.9 Å². The Labute approximate surface area is 171 Å². The second-order valence-corrected chi connectivity index (χ2v) is 6.00. The minimum absolute atomic E-state index is 0. The van der Waals surface area contributed by atoms with Gasteiger partial charge in [0.1, 0.15) is 0 Å². The summed E-state index contributed by atoms with van der Waals surface area (Å²) in [6.07, 6.45) is 5.82. The quantitative estimate of drug-likeness (QED) is 0.281. The summed E-state index contributed by atoms with van der Waals surface area (Å²) >= 11 is 0. The van der Waals surface area contributed by atoms with Crippen LogP contribution < -0.4 is 20.1 Å². The van der Waals surface area contributed by atoms with Crippen molar-refractivity contribution in [3.63, 3.8) is 0 Å². The molecule has 0 amide bonds. The lowest BCUT2D eigenvalue weighted by Gasteiger charge is -2.12. The van der Waals surface area contributed by atoms with E-state index < -0.39 is 0 Å². The van der Waals surface area contributed by atoms with Crippen molar-refractivity contribution in [3.8, 4) is 11.5 Å². The largest absolute Gasteiger partial charge is 0.454 e. The molecule has 26 heavy (non-hydrogen) atoms. The molecule has 0 saturated heterocycles. The summed E-state index contributed by atoms with van der Waals surface area (Å²) in [6, 6.07) is 6.06. The van der Waals surface area contributed by atoms with E-state index in [2.05, 4.69) is 33.0 Å². The van der Waals surface area contributed by atoms with Crippen molar-refractivity contribution < 1.29 is 9.47 Å². The van der Waals surface area contributed by atoms with E-state index in [1.54, 1.807) is 7.05 Å². The molecular weight excluding hydrogens is 445 g/mol. The lowest BCUT2D eigenvalue weighted by Crippen LogP contribution is -2.39. The van der Waals surface area contributed by atoms with E-state index in [0.717, 1.165) is 49.9 Å². The number of fused-ring (bicyclic) bond motifs is 1. The molecule has 0 atom stereocenters. The van der Waals surface area contributed by atoms with Gasteiger partial charge in [0.25, 0.3) is 0 Å². The van der Waals surface area contributed by atoms with Gasteiger partial charge in [0.2, 0.25) is 6.79 Å². The number of nitrogens with one attached hydrogen (secondary N) is 2. The first kappa shape index (κ1) is 20.3. The van der Waals surface area contributed by atoms with Crippen LogP contribution in [0.15, 0.2) is 35.6 Å². The molecule has 0 spiro atoms. The minimum Gasteiger partial charge on any atom is -0.454 e. The summed E-state index contributed by atoms with van der Waals surface area (Å²) in [5, 5.41) is 10.9. The van der Waals surface area contributed by atoms with Gasteiger partial charge >= 0.3 is 0 Å². The highest BCUT2D eigenvalue weighted by Crippen LogP contribution is 2.32. The molecule has 0 radical (unpaired) electrons. The van der Waals surface area contributed by atoms with Gasteiger partial charge in [0.05, 0.1) is 6.20 Å². The second-order valence-electron chi connectivity index (χ2n) is 6.00. The van der Waals surface area contributed by atoms with E-state index >= 15 is 0 Å². The standard InChI is InChI=1S/C18H25N5O2.HI/c1-14-11-22-23(12-14)9-3-7-20-18(19-2)21-8-6-15-4-5-16-17(10-15)25-13-24-16;/h4-5,10-12H,3,6-9,13H2,1-2H3,(H2,19,20,21);1H. The van der Waals surface area contributed by atoms with E-state index in [0.29, 0.717) is 6.79 Å². The predicted octanol–water partition coefficient (Wildman–Crippen LogP) is 2.34. The lowest BCUT2D eigenvalue weighted by atomic mass is 10.1. The van der Waals surface area contributed by atoms with Crippen LogP contribution in [0.4, 0.5) is 0 Å². The molecule has 142 valence electrons. The molecule has 8 heteroatoms. The van der Waals surface area contributed by atoms with E-state index in [4.69, 9.17) is 9.47 Å². The molecule has 3 rings (SSSR count). The van der Waals surface area contributed by atoms with Gasteiger partial charge < -0.3 is 20.1 Å². The molecule has 2 heterocycles. The smallest absolute Gasteiger partial charge is 0.231 e. The average molecular weight is 471 g/mol. The summed E-state index contributed by atoms with van der Waals surface area (Å²) in [4.78, 5) is 4.25. The van der Waals surface area contributed by atoms with Crippen molar-refractivity contribution in [1.29, 1.82) is 0 Å². The summed E-state index contributed by atoms with van der Waals surface area (Å²) in [5.74, 6) is 2.47. The average Bonchev–Trinajstić information content (AvgIpc) is 3.25. The summed E-state index contributed by atoms with van der Waals surface area (Å²) in [7, 11) is 1.78. The number of hydrogen-bond donors (Lipinski definition) is 2. The fourth-order valence-electron chi connectivity index (χ4n) is 2.68. The SMILES string of the molecule is CN=C(NCCCn1cc(C)cn1)NCCc1ccc2c(c1)OCO2.I. The number of aryl methyl sites for hydroxylation is 2. The van der Waals surface area contributed by atoms with Crippen LogP contribution in [-0.4, -0.2) is 42.7 Å². The Morgan fingerprint density at radius 2 is 2.04 bits per heavy atom. The third-order valence-corrected chi connectivity index (χ3v) is 3.99. The molecule has 0 unspecified atom stereocenters. The molecule has 1 aromatic heterocycles. The van der Waals surface area contributed by atoms with E-state index in [1.165, 1.54) is 11.1 Å². The minimum atomic E-state index is 0. The van der Waals surface area contributed by atoms with Crippen molar-refractivity contribution in [1.82, 2.24) is 20.4 Å². The first-order chi connectivity index (χ1) is 12.2. The Kier molecular flexibility index (Phi) is 8.02. The van der Waals surface area contributed by atoms with Crippen LogP contribution in [0, 0.1) is 6.92 Å². The number of guanidine groups is 1. The third kappa shape index (κ3) is 5.79. The highest BCUT2D eigenvalue weighted by Gasteiger charge is 2.12. The van der Waals surface area contributed by atoms with Gasteiger partial charge in [-0.3, -0.25) is 9.67 Å². The number of nitrogens with zero attached hydrogens (tertiary/aromatic N) is 3. The third-order valence-electron chi connectivity index (χ3n) is 3.99. The fraction of sp³-hybridized carbons (Fsp3) is 0.444. The van der Waals surface area contributed by atoms with Gasteiger partial charge in [0, 0.05) is 32.9 Å². The lowest BCUT2D eigenvalue weighted by molar-refractivity contribution is 0.174. The molecule has 0 bridgehead atoms. The van der Waals surface area contributed by atoms with Crippen LogP contribution in [0.3, 0.4) is 0 Å². The maximum atomic E-state index is 5.41. The molecule has 2 aromatic rings. The van der Waals surface area contributed by atoms with Crippen LogP contribution in [0.1, 0.15) is 17.5 Å². The van der Waals surface area contributed by atoms with Crippen LogP contribution in [0.25, 0.3) is 0 Å². The van der Waals surface area contributed by atoms with Crippen molar-refractivity contribution in [2.75, 3.05) is 26.9 Å². The molecule has 1 aliphatic heterocycles. The first-order valence-electron chi connectivity index (χ1n) is 8.57. The van der Waals surface area contributed by atoms with Crippen LogP contribution in [0.5, 0.6) is 11.5 Å². The maximum Gasteiger partial charge on any atom is 0.231 e. The van der Waals surface area contributed by atoms with E-state index in [-0.39, 0.29) is 24.0 Å². The van der Waals surface area contributed by atoms with Crippen molar-refractivity contribution in [2.24, 2.45) is 4.99 Å². The summed E-state index contributed by atoms with van der Waals surface area (Å²) in [6.45, 7) is 4.91. The molecular formula is C18H26IN5O2. The van der Waals surface area contributed by atoms with Gasteiger partial charge in [0.15, 0.2) is 17.5 Å². The Bertz CT molecular complexity index is 732. The zero-order chi connectivity index (χ0) is 17.5. The molecule has 1 aromatic carbocycles. The van der Waals surface area contributed by atoms with Crippen LogP contribution >= 0.6 is 24.0 Å². The molecule has 0 fully saturated rings. The van der Waals surface area contributed by atoms with E-state index in [9.17, 15) is 0 Å². The molecule has 1 aliphatic rings. The van der Waals surface area contributed by atoms with Crippen molar-refractivity contribution in [3.05, 3.63) is 41.7 Å². The van der Waals surface area contributed by atoms with Crippen molar-refractivity contribution in [2.45, 2.75) is 26.3 Å². The van der Waals surface area contributed by atoms with Gasteiger partial charge in [-0.25, -0.2) is 0 Å². The van der Waals surface area contributed by atoms with Gasteiger partial charge in [-0.15, -0.1) is 24.0 Å². The number of halogens is 1. The molecule has 2 N–H and O–H groups in total. The monoisotopic (exact) mass is 471 g/mol. The maximum absolute atomic E-state index is 5.41. The van der Waals surface area contributed by atoms with Crippen LogP contribution in [-0.2, 0) is 13.0 Å². The Morgan fingerprint density at radius 1 is 1.23 bits per heavy atom. The fourth-order valence-corrected chi connectivity index (χ4v) is 2.68. The topological polar surface area (TPSA) is 72.7 Å². The number of aliphatic imine (C=N–C) groups is 1. The van der Waals surface area contributed by atoms with Gasteiger partial charge in [-0.1, -0.05) is 6.07 Å². The Morgan fingerprint density at radius 3 is 2.81 bits per heavy atom. The van der Waals surface area contributed by atoms with Crippen LogP contribution in [0.2, 0.25) is 0 Å². The zero-order valence-corrected chi connectivity index (χ0v) is 17.5. The summed E-state index contributed by atoms with van der Waals surface area (Å²) in [5.41, 5.74) is 2.40. The zero-order valence-electron chi connectivity index (χ0n) is 15.2. The Balaban J connectivity index is 0.00000243. The predicted molar refractivity (Wildman–Crippen MR) is 113 cm³/mol. The van der Waals surface area contributed by atoms with Gasteiger partial charge in [-0.2, -0.15) is 5.10 Å². The number of rotatable bonds is 7. The highest BCUT2D eigenvalue weighted by atomic mass is 127. The van der Waals surface area contributed by atoms with Gasteiger partial charge in [-0.05, 0) is 43.0 Å². The number of ether oxygens (including phenoxy) is 2. The summed E-state index contributed by atoms with van der Waals surface area (Å²) < 4.78 is 12.7. The normalized spacial score (nSPS) is 12.6. The second kappa shape index (κ2) is 10.2. The molecule has 0 saturated carbocycles. The first-order valence-corrected chi connectivity index (χ1v) is 8.57. The number of benzene rings is 1. The molecule has 0 aliphatic carbocycles. The Hall–Kier alpha value is -1.97. The number of aromatic nitrogens is 2. The number of hydrogen-bond acceptors (Lipinski definition) is 4. The molecule has 7 nitrogen and oxygen atoms in total. The van der Waals surface area contributed by atoms with E-state index in [1.807, 2.05) is 29.9 Å². The highest BCUT2D eigenvalue weighted by molar-refractivity contribution is 14.0.